The van der Waals surface area contributed by atoms with Crippen molar-refractivity contribution < 1.29 is 9.59 Å². The molecule has 1 atom stereocenters. The van der Waals surface area contributed by atoms with Gasteiger partial charge in [0.15, 0.2) is 0 Å². The van der Waals surface area contributed by atoms with Crippen molar-refractivity contribution in [3.05, 3.63) is 63.1 Å². The Kier molecular flexibility index (Phi) is 11.0. The average molecular weight is 502 g/mol. The molecule has 0 heterocycles. The molecule has 0 saturated heterocycles. The van der Waals surface area contributed by atoms with Crippen molar-refractivity contribution in [2.45, 2.75) is 50.6 Å². The summed E-state index contributed by atoms with van der Waals surface area (Å²) in [5, 5.41) is 4.47. The lowest BCUT2D eigenvalue weighted by Gasteiger charge is -2.30. The van der Waals surface area contributed by atoms with Crippen molar-refractivity contribution in [1.82, 2.24) is 10.2 Å². The number of amides is 2. The maximum Gasteiger partial charge on any atom is 0.242 e. The van der Waals surface area contributed by atoms with Crippen LogP contribution >= 0.6 is 46.6 Å². The van der Waals surface area contributed by atoms with Gasteiger partial charge >= 0.3 is 0 Å². The lowest BCUT2D eigenvalue weighted by atomic mass is 10.1. The summed E-state index contributed by atoms with van der Waals surface area (Å²) < 4.78 is 0. The van der Waals surface area contributed by atoms with Gasteiger partial charge in [-0.2, -0.15) is 0 Å². The lowest BCUT2D eigenvalue weighted by molar-refractivity contribution is -0.139. The molecule has 0 fully saturated rings. The predicted molar refractivity (Wildman–Crippen MR) is 131 cm³/mol. The maximum atomic E-state index is 13.2. The molecule has 0 aliphatic carbocycles. The van der Waals surface area contributed by atoms with E-state index in [2.05, 4.69) is 12.2 Å². The van der Waals surface area contributed by atoms with E-state index in [0.29, 0.717) is 28.0 Å². The van der Waals surface area contributed by atoms with Crippen molar-refractivity contribution in [3.8, 4) is 0 Å². The number of benzene rings is 2. The molecule has 2 rings (SSSR count). The summed E-state index contributed by atoms with van der Waals surface area (Å²) in [5.41, 5.74) is 0.819. The first-order chi connectivity index (χ1) is 14.8. The SMILES string of the molecule is CCCCNC(=O)C(CC)N(Cc1ccc(Cl)c(Cl)c1)C(=O)CSc1ccc(Cl)cc1. The Bertz CT molecular complexity index is 878. The topological polar surface area (TPSA) is 49.4 Å². The van der Waals surface area contributed by atoms with E-state index in [-0.39, 0.29) is 24.1 Å². The number of unbranched alkanes of at least 4 members (excludes halogenated alkanes) is 1. The van der Waals surface area contributed by atoms with E-state index >= 15 is 0 Å². The minimum atomic E-state index is -0.565. The van der Waals surface area contributed by atoms with Gasteiger partial charge < -0.3 is 10.2 Å². The summed E-state index contributed by atoms with van der Waals surface area (Å²) in [5.74, 6) is -0.0498. The van der Waals surface area contributed by atoms with Gasteiger partial charge in [-0.3, -0.25) is 9.59 Å². The second-order valence-corrected chi connectivity index (χ2v) is 9.38. The fraction of sp³-hybridized carbons (Fsp3) is 0.391. The van der Waals surface area contributed by atoms with E-state index < -0.39 is 6.04 Å². The fourth-order valence-electron chi connectivity index (χ4n) is 3.02. The number of thioether (sulfide) groups is 1. The smallest absolute Gasteiger partial charge is 0.242 e. The molecule has 168 valence electrons. The first-order valence-electron chi connectivity index (χ1n) is 10.2. The first-order valence-corrected chi connectivity index (χ1v) is 12.4. The summed E-state index contributed by atoms with van der Waals surface area (Å²) in [6, 6.07) is 12.0. The third kappa shape index (κ3) is 8.23. The number of halogens is 3. The molecular weight excluding hydrogens is 475 g/mol. The molecule has 2 amide bonds. The zero-order valence-corrected chi connectivity index (χ0v) is 20.8. The quantitative estimate of drug-likeness (QED) is 0.284. The summed E-state index contributed by atoms with van der Waals surface area (Å²) in [7, 11) is 0. The minimum Gasteiger partial charge on any atom is -0.354 e. The van der Waals surface area contributed by atoms with Crippen LogP contribution in [0.25, 0.3) is 0 Å². The molecule has 0 aliphatic rings. The van der Waals surface area contributed by atoms with Gasteiger partial charge in [0, 0.05) is 23.0 Å². The standard InChI is InChI=1S/C23H27Cl3N2O2S/c1-3-5-12-27-23(30)21(4-2)28(14-16-6-11-19(25)20(26)13-16)22(29)15-31-18-9-7-17(24)8-10-18/h6-11,13,21H,3-5,12,14-15H2,1-2H3,(H,27,30). The Morgan fingerprint density at radius 3 is 2.35 bits per heavy atom. The summed E-state index contributed by atoms with van der Waals surface area (Å²) in [6.45, 7) is 4.85. The van der Waals surface area contributed by atoms with Gasteiger partial charge in [0.25, 0.3) is 0 Å². The average Bonchev–Trinajstić information content (AvgIpc) is 2.75. The molecule has 0 spiro atoms. The zero-order chi connectivity index (χ0) is 22.8. The second kappa shape index (κ2) is 13.2. The molecular formula is C23H27Cl3N2O2S. The van der Waals surface area contributed by atoms with Crippen LogP contribution < -0.4 is 5.32 Å². The van der Waals surface area contributed by atoms with Crippen LogP contribution in [-0.2, 0) is 16.1 Å². The molecule has 0 saturated carbocycles. The largest absolute Gasteiger partial charge is 0.354 e. The normalized spacial score (nSPS) is 11.8. The van der Waals surface area contributed by atoms with Crippen LogP contribution in [-0.4, -0.2) is 35.1 Å². The lowest BCUT2D eigenvalue weighted by Crippen LogP contribution is -2.49. The van der Waals surface area contributed by atoms with Crippen LogP contribution in [0.4, 0.5) is 0 Å². The minimum absolute atomic E-state index is 0.122. The fourth-order valence-corrected chi connectivity index (χ4v) is 4.25. The highest BCUT2D eigenvalue weighted by Gasteiger charge is 2.28. The molecule has 0 aromatic heterocycles. The Morgan fingerprint density at radius 1 is 1.03 bits per heavy atom. The highest BCUT2D eigenvalue weighted by atomic mass is 35.5. The number of hydrogen-bond donors (Lipinski definition) is 1. The van der Waals surface area contributed by atoms with Crippen molar-refractivity contribution in [3.63, 3.8) is 0 Å². The van der Waals surface area contributed by atoms with Crippen LogP contribution in [0.1, 0.15) is 38.7 Å². The van der Waals surface area contributed by atoms with Gasteiger partial charge in [0.2, 0.25) is 11.8 Å². The van der Waals surface area contributed by atoms with E-state index in [0.717, 1.165) is 23.3 Å². The molecule has 1 unspecified atom stereocenters. The van der Waals surface area contributed by atoms with Crippen LogP contribution in [0.3, 0.4) is 0 Å². The van der Waals surface area contributed by atoms with Crippen LogP contribution in [0.15, 0.2) is 47.4 Å². The van der Waals surface area contributed by atoms with Crippen molar-refractivity contribution >= 4 is 58.4 Å². The monoisotopic (exact) mass is 500 g/mol. The number of rotatable bonds is 11. The van der Waals surface area contributed by atoms with Crippen molar-refractivity contribution in [2.24, 2.45) is 0 Å². The van der Waals surface area contributed by atoms with Gasteiger partial charge in [-0.25, -0.2) is 0 Å². The summed E-state index contributed by atoms with van der Waals surface area (Å²) in [4.78, 5) is 28.6. The third-order valence-corrected chi connectivity index (χ3v) is 6.72. The summed E-state index contributed by atoms with van der Waals surface area (Å²) >= 11 is 19.5. The third-order valence-electron chi connectivity index (χ3n) is 4.73. The number of carbonyl (C=O) groups excluding carboxylic acids is 2. The molecule has 2 aromatic carbocycles. The molecule has 2 aromatic rings. The van der Waals surface area contributed by atoms with Crippen LogP contribution in [0, 0.1) is 0 Å². The number of hydrogen-bond acceptors (Lipinski definition) is 3. The van der Waals surface area contributed by atoms with Crippen molar-refractivity contribution in [2.75, 3.05) is 12.3 Å². The highest BCUT2D eigenvalue weighted by Crippen LogP contribution is 2.25. The van der Waals surface area contributed by atoms with E-state index in [1.807, 2.05) is 25.1 Å². The Morgan fingerprint density at radius 2 is 1.74 bits per heavy atom. The molecule has 1 N–H and O–H groups in total. The summed E-state index contributed by atoms with van der Waals surface area (Å²) in [6.07, 6.45) is 2.40. The highest BCUT2D eigenvalue weighted by molar-refractivity contribution is 8.00. The van der Waals surface area contributed by atoms with E-state index in [1.54, 1.807) is 29.2 Å². The van der Waals surface area contributed by atoms with E-state index in [1.165, 1.54) is 11.8 Å². The Hall–Kier alpha value is -1.40. The van der Waals surface area contributed by atoms with Gasteiger partial charge in [-0.05, 0) is 54.8 Å². The van der Waals surface area contributed by atoms with Gasteiger partial charge in [0.05, 0.1) is 15.8 Å². The Balaban J connectivity index is 2.19. The first kappa shape index (κ1) is 25.9. The number of nitrogens with one attached hydrogen (secondary N) is 1. The number of nitrogens with zero attached hydrogens (tertiary/aromatic N) is 1. The number of carbonyl (C=O) groups is 2. The van der Waals surface area contributed by atoms with Gasteiger partial charge in [-0.15, -0.1) is 11.8 Å². The van der Waals surface area contributed by atoms with E-state index in [4.69, 9.17) is 34.8 Å². The molecule has 4 nitrogen and oxygen atoms in total. The predicted octanol–water partition coefficient (Wildman–Crippen LogP) is 6.46. The van der Waals surface area contributed by atoms with Gasteiger partial charge in [0.1, 0.15) is 6.04 Å². The second-order valence-electron chi connectivity index (χ2n) is 7.08. The van der Waals surface area contributed by atoms with E-state index in [9.17, 15) is 9.59 Å². The maximum absolute atomic E-state index is 13.2. The molecule has 0 bridgehead atoms. The molecule has 0 aliphatic heterocycles. The zero-order valence-electron chi connectivity index (χ0n) is 17.7. The Labute approximate surface area is 203 Å². The van der Waals surface area contributed by atoms with Crippen molar-refractivity contribution in [1.29, 1.82) is 0 Å². The molecule has 31 heavy (non-hydrogen) atoms. The van der Waals surface area contributed by atoms with Gasteiger partial charge in [-0.1, -0.05) is 61.1 Å². The molecule has 8 heteroatoms. The molecule has 0 radical (unpaired) electrons. The van der Waals surface area contributed by atoms with Crippen LogP contribution in [0.2, 0.25) is 15.1 Å². The van der Waals surface area contributed by atoms with Crippen LogP contribution in [0.5, 0.6) is 0 Å².